The van der Waals surface area contributed by atoms with Crippen LogP contribution in [0.5, 0.6) is 0 Å². The van der Waals surface area contributed by atoms with Crippen LogP contribution in [-0.2, 0) is 27.7 Å². The van der Waals surface area contributed by atoms with Crippen molar-refractivity contribution in [3.63, 3.8) is 0 Å². The minimum absolute atomic E-state index is 0.0785. The second-order valence-corrected chi connectivity index (χ2v) is 7.40. The Hall–Kier alpha value is -2.29. The molecule has 0 atom stereocenters. The van der Waals surface area contributed by atoms with E-state index in [2.05, 4.69) is 10.6 Å². The third-order valence-electron chi connectivity index (χ3n) is 3.78. The van der Waals surface area contributed by atoms with E-state index in [-0.39, 0.29) is 23.2 Å². The maximum atomic E-state index is 12.8. The van der Waals surface area contributed by atoms with E-state index in [1.54, 1.807) is 24.3 Å². The van der Waals surface area contributed by atoms with Crippen LogP contribution < -0.4 is 15.8 Å². The second-order valence-electron chi connectivity index (χ2n) is 5.84. The SMILES string of the molecule is NS(=O)(=O)c1ccc(CCNCC(=O)NCCc2ccc(F)cc2)cc1. The Morgan fingerprint density at radius 3 is 2.04 bits per heavy atom. The number of primary sulfonamides is 1. The van der Waals surface area contributed by atoms with Crippen LogP contribution in [0.2, 0.25) is 0 Å². The average molecular weight is 379 g/mol. The van der Waals surface area contributed by atoms with Gasteiger partial charge in [0.25, 0.3) is 0 Å². The summed E-state index contributed by atoms with van der Waals surface area (Å²) in [4.78, 5) is 11.8. The van der Waals surface area contributed by atoms with Crippen LogP contribution in [0.1, 0.15) is 11.1 Å². The van der Waals surface area contributed by atoms with E-state index in [1.807, 2.05) is 0 Å². The van der Waals surface area contributed by atoms with Gasteiger partial charge in [-0.05, 0) is 54.8 Å². The number of nitrogens with two attached hydrogens (primary N) is 1. The molecule has 2 rings (SSSR count). The van der Waals surface area contributed by atoms with Crippen molar-refractivity contribution in [3.05, 3.63) is 65.5 Å². The molecule has 4 N–H and O–H groups in total. The lowest BCUT2D eigenvalue weighted by molar-refractivity contribution is -0.120. The Balaban J connectivity index is 1.61. The molecule has 0 fully saturated rings. The number of benzene rings is 2. The molecule has 0 aliphatic heterocycles. The van der Waals surface area contributed by atoms with Crippen molar-refractivity contribution in [2.24, 2.45) is 5.14 Å². The van der Waals surface area contributed by atoms with Crippen molar-refractivity contribution >= 4 is 15.9 Å². The Bertz CT molecular complexity index is 822. The topological polar surface area (TPSA) is 101 Å². The number of carbonyl (C=O) groups is 1. The molecular formula is C18H22FN3O3S. The van der Waals surface area contributed by atoms with Gasteiger partial charge in [-0.1, -0.05) is 24.3 Å². The van der Waals surface area contributed by atoms with E-state index in [0.29, 0.717) is 25.9 Å². The predicted octanol–water partition coefficient (Wildman–Crippen LogP) is 0.964. The molecule has 0 spiro atoms. The van der Waals surface area contributed by atoms with Gasteiger partial charge in [-0.3, -0.25) is 4.79 Å². The minimum atomic E-state index is -3.67. The average Bonchev–Trinajstić information content (AvgIpc) is 2.60. The molecule has 0 aliphatic rings. The zero-order chi connectivity index (χ0) is 19.0. The standard InChI is InChI=1S/C18H22FN3O3S/c19-16-5-1-14(2-6-16)10-12-22-18(23)13-21-11-9-15-3-7-17(8-4-15)26(20,24)25/h1-8,21H,9-13H2,(H,22,23)(H2,20,24,25). The van der Waals surface area contributed by atoms with Crippen LogP contribution >= 0.6 is 0 Å². The van der Waals surface area contributed by atoms with Crippen molar-refractivity contribution in [1.82, 2.24) is 10.6 Å². The molecule has 0 aliphatic carbocycles. The van der Waals surface area contributed by atoms with Gasteiger partial charge in [-0.15, -0.1) is 0 Å². The first-order valence-electron chi connectivity index (χ1n) is 8.18. The normalized spacial score (nSPS) is 11.3. The van der Waals surface area contributed by atoms with E-state index in [4.69, 9.17) is 5.14 Å². The summed E-state index contributed by atoms with van der Waals surface area (Å²) in [5.41, 5.74) is 1.91. The first-order valence-corrected chi connectivity index (χ1v) is 9.73. The number of rotatable bonds is 9. The van der Waals surface area contributed by atoms with Crippen LogP contribution in [0.15, 0.2) is 53.4 Å². The van der Waals surface area contributed by atoms with Gasteiger partial charge < -0.3 is 10.6 Å². The summed E-state index contributed by atoms with van der Waals surface area (Å²) in [6.07, 6.45) is 1.30. The van der Waals surface area contributed by atoms with Gasteiger partial charge in [0.2, 0.25) is 15.9 Å². The molecule has 2 aromatic carbocycles. The third kappa shape index (κ3) is 6.91. The lowest BCUT2D eigenvalue weighted by Gasteiger charge is -2.07. The molecule has 8 heteroatoms. The van der Waals surface area contributed by atoms with E-state index in [0.717, 1.165) is 11.1 Å². The van der Waals surface area contributed by atoms with Crippen molar-refractivity contribution in [2.45, 2.75) is 17.7 Å². The van der Waals surface area contributed by atoms with Crippen LogP contribution in [-0.4, -0.2) is 34.0 Å². The lowest BCUT2D eigenvalue weighted by atomic mass is 10.1. The van der Waals surface area contributed by atoms with Crippen molar-refractivity contribution < 1.29 is 17.6 Å². The summed E-state index contributed by atoms with van der Waals surface area (Å²) in [7, 11) is -3.67. The molecule has 0 saturated carbocycles. The molecule has 0 aromatic heterocycles. The van der Waals surface area contributed by atoms with Crippen molar-refractivity contribution in [3.8, 4) is 0 Å². The van der Waals surface area contributed by atoms with E-state index in [9.17, 15) is 17.6 Å². The highest BCUT2D eigenvalue weighted by Gasteiger charge is 2.06. The highest BCUT2D eigenvalue weighted by molar-refractivity contribution is 7.89. The summed E-state index contributed by atoms with van der Waals surface area (Å²) >= 11 is 0. The molecule has 140 valence electrons. The van der Waals surface area contributed by atoms with Gasteiger partial charge >= 0.3 is 0 Å². The Morgan fingerprint density at radius 1 is 0.923 bits per heavy atom. The molecular weight excluding hydrogens is 357 g/mol. The largest absolute Gasteiger partial charge is 0.355 e. The van der Waals surface area contributed by atoms with E-state index < -0.39 is 10.0 Å². The second kappa shape index (κ2) is 9.42. The fraction of sp³-hybridized carbons (Fsp3) is 0.278. The molecule has 0 bridgehead atoms. The molecule has 1 amide bonds. The van der Waals surface area contributed by atoms with Gasteiger partial charge in [0.15, 0.2) is 0 Å². The Morgan fingerprint density at radius 2 is 1.46 bits per heavy atom. The summed E-state index contributed by atoms with van der Waals surface area (Å²) in [6, 6.07) is 12.5. The highest BCUT2D eigenvalue weighted by Crippen LogP contribution is 2.08. The molecule has 26 heavy (non-hydrogen) atoms. The fourth-order valence-electron chi connectivity index (χ4n) is 2.34. The lowest BCUT2D eigenvalue weighted by Crippen LogP contribution is -2.35. The number of carbonyl (C=O) groups excluding carboxylic acids is 1. The Kier molecular flexibility index (Phi) is 7.26. The van der Waals surface area contributed by atoms with Gasteiger partial charge in [-0.2, -0.15) is 0 Å². The number of halogens is 1. The molecule has 0 radical (unpaired) electrons. The number of hydrogen-bond donors (Lipinski definition) is 3. The highest BCUT2D eigenvalue weighted by atomic mass is 32.2. The first kappa shape index (κ1) is 20.0. The summed E-state index contributed by atoms with van der Waals surface area (Å²) in [6.45, 7) is 1.26. The van der Waals surface area contributed by atoms with E-state index in [1.165, 1.54) is 24.3 Å². The zero-order valence-electron chi connectivity index (χ0n) is 14.2. The zero-order valence-corrected chi connectivity index (χ0v) is 15.1. The third-order valence-corrected chi connectivity index (χ3v) is 4.71. The summed E-state index contributed by atoms with van der Waals surface area (Å²) in [5.74, 6) is -0.391. The monoisotopic (exact) mass is 379 g/mol. The molecule has 0 saturated heterocycles. The summed E-state index contributed by atoms with van der Waals surface area (Å²) in [5, 5.41) is 10.9. The van der Waals surface area contributed by atoms with Crippen LogP contribution in [0.4, 0.5) is 4.39 Å². The first-order chi connectivity index (χ1) is 12.3. The molecule has 6 nitrogen and oxygen atoms in total. The quantitative estimate of drug-likeness (QED) is 0.565. The molecule has 0 heterocycles. The van der Waals surface area contributed by atoms with Crippen molar-refractivity contribution in [2.75, 3.05) is 19.6 Å². The number of hydrogen-bond acceptors (Lipinski definition) is 4. The fourth-order valence-corrected chi connectivity index (χ4v) is 2.86. The maximum Gasteiger partial charge on any atom is 0.238 e. The smallest absolute Gasteiger partial charge is 0.238 e. The van der Waals surface area contributed by atoms with Crippen molar-refractivity contribution in [1.29, 1.82) is 0 Å². The number of amides is 1. The minimum Gasteiger partial charge on any atom is -0.355 e. The molecule has 2 aromatic rings. The number of nitrogens with one attached hydrogen (secondary N) is 2. The Labute approximate surface area is 152 Å². The van der Waals surface area contributed by atoms with E-state index >= 15 is 0 Å². The van der Waals surface area contributed by atoms with Gasteiger partial charge in [0.05, 0.1) is 11.4 Å². The summed E-state index contributed by atoms with van der Waals surface area (Å²) < 4.78 is 35.1. The van der Waals surface area contributed by atoms with Gasteiger partial charge in [0, 0.05) is 6.54 Å². The van der Waals surface area contributed by atoms with Crippen LogP contribution in [0, 0.1) is 5.82 Å². The van der Waals surface area contributed by atoms with Gasteiger partial charge in [-0.25, -0.2) is 17.9 Å². The maximum absolute atomic E-state index is 12.8. The van der Waals surface area contributed by atoms with Crippen LogP contribution in [0.3, 0.4) is 0 Å². The van der Waals surface area contributed by atoms with Gasteiger partial charge in [0.1, 0.15) is 5.82 Å². The predicted molar refractivity (Wildman–Crippen MR) is 97.5 cm³/mol. The number of sulfonamides is 1. The molecule has 0 unspecified atom stereocenters. The van der Waals surface area contributed by atoms with Crippen LogP contribution in [0.25, 0.3) is 0 Å².